The first kappa shape index (κ1) is 20.6. The first-order valence-electron chi connectivity index (χ1n) is 10.6. The number of H-pyrrole nitrogens is 1. The number of benzene rings is 2. The number of carbonyl (C=O) groups is 1. The van der Waals surface area contributed by atoms with Crippen LogP contribution in [0.4, 0.5) is 5.69 Å². The number of fused-ring (bicyclic) bond motifs is 1. The van der Waals surface area contributed by atoms with E-state index < -0.39 is 5.91 Å². The number of unbranched alkanes of at least 4 members (excludes halogenated alkanes) is 1. The first-order chi connectivity index (χ1) is 15.0. The Bertz CT molecular complexity index is 1280. The summed E-state index contributed by atoms with van der Waals surface area (Å²) >= 11 is 0. The number of carbonyl (C=O) groups excluding carboxylic acids is 1. The van der Waals surface area contributed by atoms with Gasteiger partial charge in [-0.3, -0.25) is 9.59 Å². The highest BCUT2D eigenvalue weighted by Crippen LogP contribution is 2.19. The second kappa shape index (κ2) is 8.60. The largest absolute Gasteiger partial charge is 0.345 e. The lowest BCUT2D eigenvalue weighted by Crippen LogP contribution is -2.22. The van der Waals surface area contributed by atoms with E-state index in [0.717, 1.165) is 30.5 Å². The number of nitrogens with one attached hydrogen (secondary N) is 2. The molecule has 0 aliphatic heterocycles. The van der Waals surface area contributed by atoms with Crippen LogP contribution in [-0.4, -0.2) is 20.7 Å². The maximum atomic E-state index is 13.1. The molecule has 2 N–H and O–H groups in total. The molecule has 2 aromatic heterocycles. The average Bonchev–Trinajstić information content (AvgIpc) is 3.11. The Kier molecular flexibility index (Phi) is 5.71. The number of anilines is 1. The quantitative estimate of drug-likeness (QED) is 0.470. The molecule has 0 bridgehead atoms. The summed E-state index contributed by atoms with van der Waals surface area (Å²) in [4.78, 5) is 29.0. The standard InChI is InChI=1S/C25H26N4O2/c1-4-5-6-18-9-11-19(12-10-18)27-25(31)21-15-26-24-22(23(21)30)17(3)28-29(24)20-13-7-16(2)8-14-20/h7-15H,4-6H2,1-3H3,(H,26,30)(H,27,31). The van der Waals surface area contributed by atoms with E-state index in [1.807, 2.05) is 55.5 Å². The normalized spacial score (nSPS) is 11.1. The Morgan fingerprint density at radius 1 is 1.06 bits per heavy atom. The van der Waals surface area contributed by atoms with Crippen molar-refractivity contribution in [2.45, 2.75) is 40.0 Å². The Hall–Kier alpha value is -3.67. The van der Waals surface area contributed by atoms with Crippen molar-refractivity contribution in [3.05, 3.63) is 87.3 Å². The third-order valence-electron chi connectivity index (χ3n) is 5.44. The number of pyridine rings is 1. The summed E-state index contributed by atoms with van der Waals surface area (Å²) in [6, 6.07) is 15.6. The molecule has 0 aliphatic carbocycles. The molecule has 4 rings (SSSR count). The third kappa shape index (κ3) is 4.14. The first-order valence-corrected chi connectivity index (χ1v) is 10.6. The molecule has 0 aliphatic rings. The van der Waals surface area contributed by atoms with Crippen molar-refractivity contribution in [1.29, 1.82) is 0 Å². The highest BCUT2D eigenvalue weighted by atomic mass is 16.2. The monoisotopic (exact) mass is 414 g/mol. The van der Waals surface area contributed by atoms with Gasteiger partial charge in [-0.05, 0) is 56.5 Å². The number of aryl methyl sites for hydroxylation is 3. The van der Waals surface area contributed by atoms with Crippen molar-refractivity contribution < 1.29 is 4.79 Å². The molecule has 0 atom stereocenters. The van der Waals surface area contributed by atoms with Crippen LogP contribution in [0.1, 0.15) is 46.9 Å². The lowest BCUT2D eigenvalue weighted by molar-refractivity contribution is 0.102. The molecule has 158 valence electrons. The summed E-state index contributed by atoms with van der Waals surface area (Å²) in [5.41, 5.74) is 4.77. The van der Waals surface area contributed by atoms with Crippen molar-refractivity contribution in [1.82, 2.24) is 14.8 Å². The van der Waals surface area contributed by atoms with Crippen LogP contribution in [0.3, 0.4) is 0 Å². The zero-order valence-electron chi connectivity index (χ0n) is 18.0. The molecular formula is C25H26N4O2. The molecule has 0 saturated heterocycles. The number of hydrogen-bond donors (Lipinski definition) is 2. The Morgan fingerprint density at radius 2 is 1.77 bits per heavy atom. The Balaban J connectivity index is 1.63. The van der Waals surface area contributed by atoms with Crippen molar-refractivity contribution in [3.8, 4) is 5.69 Å². The summed E-state index contributed by atoms with van der Waals surface area (Å²) < 4.78 is 1.70. The predicted molar refractivity (Wildman–Crippen MR) is 124 cm³/mol. The second-order valence-electron chi connectivity index (χ2n) is 7.84. The summed E-state index contributed by atoms with van der Waals surface area (Å²) in [6.07, 6.45) is 4.76. The molecule has 0 spiro atoms. The lowest BCUT2D eigenvalue weighted by atomic mass is 10.1. The molecular weight excluding hydrogens is 388 g/mol. The number of amides is 1. The van der Waals surface area contributed by atoms with Gasteiger partial charge in [-0.15, -0.1) is 0 Å². The van der Waals surface area contributed by atoms with Crippen LogP contribution >= 0.6 is 0 Å². The molecule has 0 radical (unpaired) electrons. The molecule has 4 aromatic rings. The molecule has 6 nitrogen and oxygen atoms in total. The number of hydrogen-bond acceptors (Lipinski definition) is 3. The van der Waals surface area contributed by atoms with E-state index in [0.29, 0.717) is 22.4 Å². The Labute approximate surface area is 180 Å². The topological polar surface area (TPSA) is 79.8 Å². The van der Waals surface area contributed by atoms with Crippen LogP contribution in [0.5, 0.6) is 0 Å². The average molecular weight is 415 g/mol. The van der Waals surface area contributed by atoms with Gasteiger partial charge in [0.1, 0.15) is 11.2 Å². The highest BCUT2D eigenvalue weighted by Gasteiger charge is 2.19. The molecule has 1 amide bonds. The summed E-state index contributed by atoms with van der Waals surface area (Å²) in [7, 11) is 0. The molecule has 0 fully saturated rings. The number of aromatic amines is 1. The van der Waals surface area contributed by atoms with Gasteiger partial charge in [0.25, 0.3) is 5.91 Å². The van der Waals surface area contributed by atoms with Crippen molar-refractivity contribution in [3.63, 3.8) is 0 Å². The van der Waals surface area contributed by atoms with E-state index in [-0.39, 0.29) is 11.0 Å². The van der Waals surface area contributed by atoms with E-state index in [2.05, 4.69) is 22.3 Å². The van der Waals surface area contributed by atoms with Crippen LogP contribution in [-0.2, 0) is 6.42 Å². The molecule has 2 aromatic carbocycles. The molecule has 0 saturated carbocycles. The van der Waals surface area contributed by atoms with Gasteiger partial charge >= 0.3 is 0 Å². The molecule has 31 heavy (non-hydrogen) atoms. The van der Waals surface area contributed by atoms with Crippen molar-refractivity contribution in [2.24, 2.45) is 0 Å². The van der Waals surface area contributed by atoms with E-state index in [9.17, 15) is 9.59 Å². The van der Waals surface area contributed by atoms with Crippen LogP contribution in [0.2, 0.25) is 0 Å². The molecule has 2 heterocycles. The second-order valence-corrected chi connectivity index (χ2v) is 7.84. The summed E-state index contributed by atoms with van der Waals surface area (Å²) in [6.45, 7) is 5.95. The molecule has 6 heteroatoms. The minimum absolute atomic E-state index is 0.0640. The lowest BCUT2D eigenvalue weighted by Gasteiger charge is -2.07. The fourth-order valence-corrected chi connectivity index (χ4v) is 3.65. The van der Waals surface area contributed by atoms with Crippen LogP contribution in [0.25, 0.3) is 16.7 Å². The number of aromatic nitrogens is 3. The van der Waals surface area contributed by atoms with E-state index in [4.69, 9.17) is 0 Å². The van der Waals surface area contributed by atoms with E-state index in [1.165, 1.54) is 11.8 Å². The third-order valence-corrected chi connectivity index (χ3v) is 5.44. The van der Waals surface area contributed by atoms with Crippen LogP contribution < -0.4 is 10.7 Å². The smallest absolute Gasteiger partial charge is 0.261 e. The predicted octanol–water partition coefficient (Wildman–Crippen LogP) is 4.93. The fourth-order valence-electron chi connectivity index (χ4n) is 3.65. The maximum Gasteiger partial charge on any atom is 0.261 e. The molecule has 0 unspecified atom stereocenters. The van der Waals surface area contributed by atoms with Gasteiger partial charge in [-0.1, -0.05) is 43.2 Å². The van der Waals surface area contributed by atoms with Crippen molar-refractivity contribution in [2.75, 3.05) is 5.32 Å². The zero-order chi connectivity index (χ0) is 22.0. The number of rotatable bonds is 6. The Morgan fingerprint density at radius 3 is 2.45 bits per heavy atom. The van der Waals surface area contributed by atoms with Gasteiger partial charge in [-0.25, -0.2) is 4.68 Å². The van der Waals surface area contributed by atoms with Gasteiger partial charge in [0.05, 0.1) is 16.8 Å². The SMILES string of the molecule is CCCCc1ccc(NC(=O)c2c[nH]c3c(c(C)nn3-c3ccc(C)cc3)c2=O)cc1. The maximum absolute atomic E-state index is 13.1. The number of nitrogens with zero attached hydrogens (tertiary/aromatic N) is 2. The minimum atomic E-state index is -0.438. The summed E-state index contributed by atoms with van der Waals surface area (Å²) in [5, 5.41) is 7.77. The van der Waals surface area contributed by atoms with Crippen molar-refractivity contribution >= 4 is 22.6 Å². The van der Waals surface area contributed by atoms with Gasteiger partial charge in [0, 0.05) is 11.9 Å². The van der Waals surface area contributed by atoms with Gasteiger partial charge in [0.2, 0.25) is 5.43 Å². The fraction of sp³-hybridized carbons (Fsp3) is 0.240. The van der Waals surface area contributed by atoms with E-state index in [1.54, 1.807) is 11.6 Å². The van der Waals surface area contributed by atoms with Gasteiger partial charge in [-0.2, -0.15) is 5.10 Å². The van der Waals surface area contributed by atoms with Gasteiger partial charge in [0.15, 0.2) is 0 Å². The van der Waals surface area contributed by atoms with Crippen LogP contribution in [0.15, 0.2) is 59.5 Å². The zero-order valence-corrected chi connectivity index (χ0v) is 18.0. The summed E-state index contributed by atoms with van der Waals surface area (Å²) in [5.74, 6) is -0.438. The van der Waals surface area contributed by atoms with E-state index >= 15 is 0 Å². The highest BCUT2D eigenvalue weighted by molar-refractivity contribution is 6.05. The van der Waals surface area contributed by atoms with Crippen LogP contribution in [0, 0.1) is 13.8 Å². The van der Waals surface area contributed by atoms with Gasteiger partial charge < -0.3 is 10.3 Å². The minimum Gasteiger partial charge on any atom is -0.345 e.